The monoisotopic (exact) mass is 674 g/mol. The predicted octanol–water partition coefficient (Wildman–Crippen LogP) is 7.04. The average molecular weight is 674 g/mol. The Labute approximate surface area is 273 Å². The number of hydrogen-bond acceptors (Lipinski definition) is 8. The molecular formula is C34H2F8N8. The van der Waals surface area contributed by atoms with E-state index in [1.54, 1.807) is 0 Å². The van der Waals surface area contributed by atoms with Crippen molar-refractivity contribution in [1.29, 1.82) is 42.1 Å². The molecule has 0 aromatic heterocycles. The van der Waals surface area contributed by atoms with Crippen molar-refractivity contribution in [2.45, 2.75) is 0 Å². The summed E-state index contributed by atoms with van der Waals surface area (Å²) in [6, 6.07) is 10.3. The Morgan fingerprint density at radius 1 is 0.400 bits per heavy atom. The number of nitriles is 8. The van der Waals surface area contributed by atoms with Crippen LogP contribution >= 0.6 is 0 Å². The van der Waals surface area contributed by atoms with Gasteiger partial charge in [0, 0.05) is 55.7 Å². The van der Waals surface area contributed by atoms with Crippen LogP contribution in [0.4, 0.5) is 35.1 Å². The van der Waals surface area contributed by atoms with Crippen LogP contribution in [0.5, 0.6) is 0 Å². The summed E-state index contributed by atoms with van der Waals surface area (Å²) in [5.74, 6) is -15.6. The molecule has 0 saturated heterocycles. The van der Waals surface area contributed by atoms with Crippen LogP contribution in [0.25, 0.3) is 33.4 Å². The quantitative estimate of drug-likeness (QED) is 0.157. The normalized spacial score (nSPS) is 12.4. The van der Waals surface area contributed by atoms with E-state index in [9.17, 15) is 49.1 Å². The number of benzene rings is 3. The van der Waals surface area contributed by atoms with Crippen LogP contribution < -0.4 is 0 Å². The maximum Gasteiger partial charge on any atom is 0.180 e. The largest absolute Gasteiger partial charge is 0.206 e. The van der Waals surface area contributed by atoms with E-state index in [0.29, 0.717) is 0 Å². The smallest absolute Gasteiger partial charge is 0.180 e. The highest BCUT2D eigenvalue weighted by Gasteiger charge is 2.45. The van der Waals surface area contributed by atoms with Crippen LogP contribution in [0.1, 0.15) is 44.5 Å². The minimum Gasteiger partial charge on any atom is -0.206 e. The van der Waals surface area contributed by atoms with Crippen LogP contribution in [0.15, 0.2) is 23.3 Å². The van der Waals surface area contributed by atoms with Crippen LogP contribution in [-0.2, 0) is 0 Å². The summed E-state index contributed by atoms with van der Waals surface area (Å²) in [6.45, 7) is 0. The number of hydrogen-bond donors (Lipinski definition) is 0. The van der Waals surface area contributed by atoms with E-state index in [-0.39, 0.29) is 12.1 Å². The van der Waals surface area contributed by atoms with E-state index >= 15 is 17.6 Å². The first-order chi connectivity index (χ1) is 23.8. The summed E-state index contributed by atoms with van der Waals surface area (Å²) in [7, 11) is 0. The Kier molecular flexibility index (Phi) is 7.98. The lowest BCUT2D eigenvalue weighted by atomic mass is 9.87. The van der Waals surface area contributed by atoms with Gasteiger partial charge in [0.05, 0.1) is 11.1 Å². The Bertz CT molecular complexity index is 2500. The molecule has 0 atom stereocenters. The lowest BCUT2D eigenvalue weighted by Crippen LogP contribution is -2.06. The molecule has 2 aliphatic rings. The van der Waals surface area contributed by atoms with Crippen molar-refractivity contribution in [1.82, 2.24) is 0 Å². The lowest BCUT2D eigenvalue weighted by Gasteiger charge is -2.15. The van der Waals surface area contributed by atoms with Gasteiger partial charge in [-0.1, -0.05) is 0 Å². The highest BCUT2D eigenvalue weighted by molar-refractivity contribution is 6.30. The van der Waals surface area contributed by atoms with E-state index < -0.39 is 136 Å². The molecule has 50 heavy (non-hydrogen) atoms. The molecule has 3 aromatic carbocycles. The molecule has 8 nitrogen and oxygen atoms in total. The van der Waals surface area contributed by atoms with Gasteiger partial charge in [0.2, 0.25) is 0 Å². The van der Waals surface area contributed by atoms with E-state index in [1.807, 2.05) is 0 Å². The maximum absolute atomic E-state index is 17.1. The second-order valence-electron chi connectivity index (χ2n) is 9.84. The standard InChI is InChI=1S/C34H2F8N8/c35-19-1-13(29(37)31(39)15(19)7-47)23-17(9-49)25-27(21(23)11(3-43)4-44)34(42)28-22(12(5-45)6-46)24(18(10-50)26(28)33(25)41)14-2-20(36)16(8-48)32(40)30(14)38/h1-2H. The number of allylic oxidation sites excluding steroid dienone is 8. The zero-order chi connectivity index (χ0) is 36.9. The zero-order valence-electron chi connectivity index (χ0n) is 23.8. The van der Waals surface area contributed by atoms with Crippen LogP contribution in [0.2, 0.25) is 0 Å². The van der Waals surface area contributed by atoms with Crippen LogP contribution in [-0.4, -0.2) is 0 Å². The summed E-state index contributed by atoms with van der Waals surface area (Å²) in [6.07, 6.45) is 0. The van der Waals surface area contributed by atoms with Crippen LogP contribution in [0, 0.1) is 137 Å². The molecule has 3 aromatic rings. The van der Waals surface area contributed by atoms with Gasteiger partial charge in [-0.2, -0.15) is 42.1 Å². The predicted molar refractivity (Wildman–Crippen MR) is 150 cm³/mol. The molecule has 0 heterocycles. The summed E-state index contributed by atoms with van der Waals surface area (Å²) >= 11 is 0. The number of fused-ring (bicyclic) bond motifs is 2. The van der Waals surface area contributed by atoms with Gasteiger partial charge in [0.25, 0.3) is 0 Å². The van der Waals surface area contributed by atoms with E-state index in [1.165, 1.54) is 36.4 Å². The fourth-order valence-electron chi connectivity index (χ4n) is 5.67. The van der Waals surface area contributed by atoms with Crippen molar-refractivity contribution >= 4 is 33.4 Å². The van der Waals surface area contributed by atoms with Crippen molar-refractivity contribution in [3.63, 3.8) is 0 Å². The lowest BCUT2D eigenvalue weighted by molar-refractivity contribution is 0.489. The first-order valence-corrected chi connectivity index (χ1v) is 13.0. The van der Waals surface area contributed by atoms with E-state index in [2.05, 4.69) is 0 Å². The summed E-state index contributed by atoms with van der Waals surface area (Å²) in [5.41, 5.74) is -19.8. The van der Waals surface area contributed by atoms with Gasteiger partial charge >= 0.3 is 0 Å². The maximum atomic E-state index is 17.1. The molecule has 0 radical (unpaired) electrons. The van der Waals surface area contributed by atoms with Crippen molar-refractivity contribution in [2.24, 2.45) is 0 Å². The Balaban J connectivity index is 2.09. The topological polar surface area (TPSA) is 190 Å². The van der Waals surface area contributed by atoms with E-state index in [4.69, 9.17) is 10.5 Å². The molecule has 0 bridgehead atoms. The number of rotatable bonds is 2. The third-order valence-corrected chi connectivity index (χ3v) is 7.63. The van der Waals surface area contributed by atoms with Gasteiger partial charge in [-0.15, -0.1) is 0 Å². The molecule has 2 aliphatic carbocycles. The van der Waals surface area contributed by atoms with Gasteiger partial charge in [-0.05, 0) is 12.1 Å². The molecule has 0 fully saturated rings. The van der Waals surface area contributed by atoms with Gasteiger partial charge in [0.15, 0.2) is 23.3 Å². The molecule has 0 aliphatic heterocycles. The Morgan fingerprint density at radius 2 is 0.720 bits per heavy atom. The first kappa shape index (κ1) is 33.3. The molecule has 0 unspecified atom stereocenters. The molecular weight excluding hydrogens is 672 g/mol. The third-order valence-electron chi connectivity index (χ3n) is 7.63. The molecule has 0 saturated carbocycles. The second kappa shape index (κ2) is 12.0. The van der Waals surface area contributed by atoms with Crippen molar-refractivity contribution < 1.29 is 35.1 Å². The fraction of sp³-hybridized carbons (Fsp3) is 0. The average Bonchev–Trinajstić information content (AvgIpc) is 3.63. The first-order valence-electron chi connectivity index (χ1n) is 13.0. The molecule has 16 heteroatoms. The molecule has 0 N–H and O–H groups in total. The third kappa shape index (κ3) is 4.22. The van der Waals surface area contributed by atoms with Crippen molar-refractivity contribution in [3.05, 3.63) is 114 Å². The summed E-state index contributed by atoms with van der Waals surface area (Å²) in [4.78, 5) is 0. The minimum atomic E-state index is -2.12. The molecule has 0 amide bonds. The van der Waals surface area contributed by atoms with Gasteiger partial charge in [-0.25, -0.2) is 35.1 Å². The highest BCUT2D eigenvalue weighted by atomic mass is 19.2. The molecule has 234 valence electrons. The summed E-state index contributed by atoms with van der Waals surface area (Å²) < 4.78 is 124. The van der Waals surface area contributed by atoms with Crippen LogP contribution in [0.3, 0.4) is 0 Å². The number of nitrogens with zero attached hydrogens (tertiary/aromatic N) is 8. The van der Waals surface area contributed by atoms with Gasteiger partial charge in [0.1, 0.15) is 94.1 Å². The molecule has 0 spiro atoms. The second-order valence-corrected chi connectivity index (χ2v) is 9.84. The zero-order valence-corrected chi connectivity index (χ0v) is 23.8. The summed E-state index contributed by atoms with van der Waals surface area (Å²) in [5, 5.41) is 77.3. The number of halogens is 8. The van der Waals surface area contributed by atoms with Crippen molar-refractivity contribution in [2.75, 3.05) is 0 Å². The highest BCUT2D eigenvalue weighted by Crippen LogP contribution is 2.57. The molecule has 5 rings (SSSR count). The SMILES string of the molecule is N#CC(C#N)=C1C(c2cc(F)c(C#N)c(F)c2F)=C(C#N)c2c(F)c3c(c(F)c21)C(=C(C#N)C#N)C(c1cc(F)c(C#N)c(F)c1F)=C3C#N. The van der Waals surface area contributed by atoms with E-state index in [0.717, 1.165) is 12.1 Å². The minimum absolute atomic E-state index is 0.148. The van der Waals surface area contributed by atoms with Crippen molar-refractivity contribution in [3.8, 4) is 48.6 Å². The Hall–Kier alpha value is -8.02. The fourth-order valence-corrected chi connectivity index (χ4v) is 5.67. The van der Waals surface area contributed by atoms with Gasteiger partial charge in [-0.3, -0.25) is 0 Å². The Morgan fingerprint density at radius 3 is 1.00 bits per heavy atom. The van der Waals surface area contributed by atoms with Gasteiger partial charge < -0.3 is 0 Å².